The fraction of sp³-hybridized carbons (Fsp3) is 0.350. The van der Waals surface area contributed by atoms with Crippen LogP contribution in [0.5, 0.6) is 0 Å². The summed E-state index contributed by atoms with van der Waals surface area (Å²) in [6.45, 7) is 1.21. The minimum absolute atomic E-state index is 0.138. The summed E-state index contributed by atoms with van der Waals surface area (Å²) in [5.41, 5.74) is 0.795. The molecule has 1 heterocycles. The summed E-state index contributed by atoms with van der Waals surface area (Å²) in [7, 11) is -1.93. The zero-order chi connectivity index (χ0) is 19.4. The van der Waals surface area contributed by atoms with Crippen LogP contribution in [0.25, 0.3) is 0 Å². The first-order valence-corrected chi connectivity index (χ1v) is 10.4. The van der Waals surface area contributed by atoms with Crippen LogP contribution in [0.15, 0.2) is 53.4 Å². The molecular formula is C20H23FN2O3S. The molecule has 0 N–H and O–H groups in total. The number of carbonyl (C=O) groups is 1. The van der Waals surface area contributed by atoms with Crippen LogP contribution in [0.2, 0.25) is 0 Å². The van der Waals surface area contributed by atoms with E-state index in [1.54, 1.807) is 25.2 Å². The zero-order valence-electron chi connectivity index (χ0n) is 15.3. The van der Waals surface area contributed by atoms with Gasteiger partial charge in [0.1, 0.15) is 5.82 Å². The molecule has 0 unspecified atom stereocenters. The van der Waals surface area contributed by atoms with Crippen LogP contribution in [0, 0.1) is 5.82 Å². The summed E-state index contributed by atoms with van der Waals surface area (Å²) in [4.78, 5) is 14.2. The van der Waals surface area contributed by atoms with Crippen molar-refractivity contribution in [3.63, 3.8) is 0 Å². The number of hydrogen-bond acceptors (Lipinski definition) is 3. The molecule has 0 aliphatic carbocycles. The first-order chi connectivity index (χ1) is 12.9. The quantitative estimate of drug-likeness (QED) is 0.787. The number of rotatable bonds is 5. The summed E-state index contributed by atoms with van der Waals surface area (Å²) < 4.78 is 40.6. The van der Waals surface area contributed by atoms with Gasteiger partial charge in [0.25, 0.3) is 5.91 Å². The highest BCUT2D eigenvalue weighted by Crippen LogP contribution is 2.21. The van der Waals surface area contributed by atoms with E-state index in [0.717, 1.165) is 19.3 Å². The highest BCUT2D eigenvalue weighted by Gasteiger charge is 2.26. The highest BCUT2D eigenvalue weighted by atomic mass is 32.2. The van der Waals surface area contributed by atoms with Gasteiger partial charge < -0.3 is 4.90 Å². The summed E-state index contributed by atoms with van der Waals surface area (Å²) in [6.07, 6.45) is 2.79. The maximum absolute atomic E-state index is 13.8. The van der Waals surface area contributed by atoms with E-state index in [9.17, 15) is 17.6 Å². The van der Waals surface area contributed by atoms with E-state index in [1.165, 1.54) is 39.5 Å². The second kappa shape index (κ2) is 8.19. The molecule has 0 radical (unpaired) electrons. The Kier molecular flexibility index (Phi) is 5.92. The van der Waals surface area contributed by atoms with Crippen molar-refractivity contribution in [2.75, 3.05) is 20.1 Å². The van der Waals surface area contributed by atoms with Gasteiger partial charge in [-0.1, -0.05) is 24.6 Å². The van der Waals surface area contributed by atoms with Crippen molar-refractivity contribution in [2.24, 2.45) is 0 Å². The lowest BCUT2D eigenvalue weighted by atomic mass is 10.1. The average molecular weight is 390 g/mol. The number of hydrogen-bond donors (Lipinski definition) is 0. The lowest BCUT2D eigenvalue weighted by Crippen LogP contribution is -2.35. The zero-order valence-corrected chi connectivity index (χ0v) is 16.1. The van der Waals surface area contributed by atoms with Crippen molar-refractivity contribution in [2.45, 2.75) is 30.7 Å². The highest BCUT2D eigenvalue weighted by molar-refractivity contribution is 7.89. The van der Waals surface area contributed by atoms with Crippen LogP contribution in [-0.4, -0.2) is 43.7 Å². The Balaban J connectivity index is 1.72. The van der Waals surface area contributed by atoms with Gasteiger partial charge >= 0.3 is 0 Å². The number of halogens is 1. The Bertz CT molecular complexity index is 907. The molecule has 0 bridgehead atoms. The summed E-state index contributed by atoms with van der Waals surface area (Å²) in [5, 5.41) is 0. The third-order valence-electron chi connectivity index (χ3n) is 4.77. The van der Waals surface area contributed by atoms with Crippen LogP contribution in [0.4, 0.5) is 4.39 Å². The molecule has 1 aliphatic heterocycles. The smallest absolute Gasteiger partial charge is 0.253 e. The largest absolute Gasteiger partial charge is 0.337 e. The molecule has 0 saturated carbocycles. The third kappa shape index (κ3) is 4.36. The molecule has 7 heteroatoms. The van der Waals surface area contributed by atoms with E-state index < -0.39 is 10.0 Å². The number of nitrogens with zero attached hydrogens (tertiary/aromatic N) is 2. The first-order valence-electron chi connectivity index (χ1n) is 8.98. The topological polar surface area (TPSA) is 57.7 Å². The van der Waals surface area contributed by atoms with Gasteiger partial charge in [0.15, 0.2) is 0 Å². The van der Waals surface area contributed by atoms with Crippen molar-refractivity contribution in [3.05, 3.63) is 65.5 Å². The van der Waals surface area contributed by atoms with Gasteiger partial charge in [-0.15, -0.1) is 0 Å². The maximum Gasteiger partial charge on any atom is 0.253 e. The van der Waals surface area contributed by atoms with E-state index >= 15 is 0 Å². The van der Waals surface area contributed by atoms with Gasteiger partial charge in [-0.2, -0.15) is 4.31 Å². The molecule has 144 valence electrons. The molecule has 27 heavy (non-hydrogen) atoms. The fourth-order valence-electron chi connectivity index (χ4n) is 3.20. The average Bonchev–Trinajstić information content (AvgIpc) is 2.70. The minimum Gasteiger partial charge on any atom is -0.337 e. The molecule has 2 aromatic carbocycles. The summed E-state index contributed by atoms with van der Waals surface area (Å²) in [6, 6.07) is 12.3. The number of piperidine rings is 1. The molecule has 1 amide bonds. The first kappa shape index (κ1) is 19.5. The van der Waals surface area contributed by atoms with Gasteiger partial charge in [0.05, 0.1) is 4.90 Å². The van der Waals surface area contributed by atoms with Crippen molar-refractivity contribution in [1.82, 2.24) is 9.21 Å². The molecule has 0 aromatic heterocycles. The van der Waals surface area contributed by atoms with Gasteiger partial charge in [-0.05, 0) is 43.2 Å². The van der Waals surface area contributed by atoms with Crippen molar-refractivity contribution < 1.29 is 17.6 Å². The molecule has 1 saturated heterocycles. The maximum atomic E-state index is 13.8. The number of amides is 1. The van der Waals surface area contributed by atoms with Gasteiger partial charge in [-0.25, -0.2) is 12.8 Å². The molecule has 2 aromatic rings. The van der Waals surface area contributed by atoms with Crippen LogP contribution in [0.1, 0.15) is 35.2 Å². The van der Waals surface area contributed by atoms with Gasteiger partial charge in [-0.3, -0.25) is 4.79 Å². The van der Waals surface area contributed by atoms with Crippen LogP contribution in [0.3, 0.4) is 0 Å². The summed E-state index contributed by atoms with van der Waals surface area (Å²) in [5.74, 6) is -0.653. The molecular weight excluding hydrogens is 367 g/mol. The standard InChI is InChI=1S/C20H23FN2O3S/c1-22(15-17-7-3-4-8-19(17)21)20(24)16-9-11-18(12-10-16)27(25,26)23-13-5-2-6-14-23/h3-4,7-12H,2,5-6,13-15H2,1H3. The van der Waals surface area contributed by atoms with Crippen LogP contribution < -0.4 is 0 Å². The molecule has 0 spiro atoms. The number of sulfonamides is 1. The van der Waals surface area contributed by atoms with Gasteiger partial charge in [0, 0.05) is 37.8 Å². The Labute approximate surface area is 159 Å². The minimum atomic E-state index is -3.52. The third-order valence-corrected chi connectivity index (χ3v) is 6.68. The Morgan fingerprint density at radius 3 is 2.30 bits per heavy atom. The van der Waals surface area contributed by atoms with E-state index in [1.807, 2.05) is 0 Å². The molecule has 1 fully saturated rings. The molecule has 5 nitrogen and oxygen atoms in total. The predicted molar refractivity (Wildman–Crippen MR) is 101 cm³/mol. The molecule has 1 aliphatic rings. The number of carbonyl (C=O) groups excluding carboxylic acids is 1. The van der Waals surface area contributed by atoms with Crippen molar-refractivity contribution in [3.8, 4) is 0 Å². The Morgan fingerprint density at radius 2 is 1.67 bits per heavy atom. The number of benzene rings is 2. The van der Waals surface area contributed by atoms with Crippen molar-refractivity contribution in [1.29, 1.82) is 0 Å². The molecule has 0 atom stereocenters. The van der Waals surface area contributed by atoms with E-state index in [2.05, 4.69) is 0 Å². The molecule has 3 rings (SSSR count). The predicted octanol–water partition coefficient (Wildman–Crippen LogP) is 3.27. The normalized spacial score (nSPS) is 15.5. The summed E-state index contributed by atoms with van der Waals surface area (Å²) >= 11 is 0. The van der Waals surface area contributed by atoms with Crippen LogP contribution in [-0.2, 0) is 16.6 Å². The second-order valence-corrected chi connectivity index (χ2v) is 8.68. The SMILES string of the molecule is CN(Cc1ccccc1F)C(=O)c1ccc(S(=O)(=O)N2CCCCC2)cc1. The Morgan fingerprint density at radius 1 is 1.04 bits per heavy atom. The van der Waals surface area contributed by atoms with Crippen LogP contribution >= 0.6 is 0 Å². The lowest BCUT2D eigenvalue weighted by Gasteiger charge is -2.26. The Hall–Kier alpha value is -2.25. The van der Waals surface area contributed by atoms with Crippen molar-refractivity contribution >= 4 is 15.9 Å². The van der Waals surface area contributed by atoms with Gasteiger partial charge in [0.2, 0.25) is 10.0 Å². The van der Waals surface area contributed by atoms with E-state index in [4.69, 9.17) is 0 Å². The monoisotopic (exact) mass is 390 g/mol. The second-order valence-electron chi connectivity index (χ2n) is 6.74. The lowest BCUT2D eigenvalue weighted by molar-refractivity contribution is 0.0783. The fourth-order valence-corrected chi connectivity index (χ4v) is 4.72. The van der Waals surface area contributed by atoms with E-state index in [-0.39, 0.29) is 23.2 Å². The van der Waals surface area contributed by atoms with E-state index in [0.29, 0.717) is 24.2 Å².